The van der Waals surface area contributed by atoms with Gasteiger partial charge in [-0.2, -0.15) is 0 Å². The van der Waals surface area contributed by atoms with Crippen molar-refractivity contribution in [1.82, 2.24) is 0 Å². The predicted molar refractivity (Wildman–Crippen MR) is 82.8 cm³/mol. The molecule has 110 valence electrons. The second-order valence-electron chi connectivity index (χ2n) is 4.77. The third-order valence-electron chi connectivity index (χ3n) is 3.01. The van der Waals surface area contributed by atoms with Gasteiger partial charge in [0.05, 0.1) is 4.90 Å². The Morgan fingerprint density at radius 3 is 2.48 bits per heavy atom. The molecule has 0 aliphatic rings. The first kappa shape index (κ1) is 15.1. The topological polar surface area (TPSA) is 89.3 Å². The number of hydrogen-bond acceptors (Lipinski definition) is 4. The van der Waals surface area contributed by atoms with Crippen molar-refractivity contribution in [3.63, 3.8) is 0 Å². The number of ketones is 1. The number of rotatable bonds is 4. The van der Waals surface area contributed by atoms with Gasteiger partial charge < -0.3 is 5.73 Å². The first-order valence-electron chi connectivity index (χ1n) is 6.29. The fraction of sp³-hybridized carbons (Fsp3) is 0.133. The summed E-state index contributed by atoms with van der Waals surface area (Å²) in [5, 5.41) is 0. The zero-order valence-electron chi connectivity index (χ0n) is 11.8. The van der Waals surface area contributed by atoms with E-state index in [2.05, 4.69) is 4.72 Å². The van der Waals surface area contributed by atoms with Gasteiger partial charge in [0, 0.05) is 16.9 Å². The van der Waals surface area contributed by atoms with Crippen LogP contribution in [-0.2, 0) is 10.0 Å². The molecule has 6 heteroatoms. The van der Waals surface area contributed by atoms with E-state index in [1.807, 2.05) is 0 Å². The van der Waals surface area contributed by atoms with Gasteiger partial charge >= 0.3 is 0 Å². The van der Waals surface area contributed by atoms with Crippen molar-refractivity contribution in [2.45, 2.75) is 18.7 Å². The molecule has 5 nitrogen and oxygen atoms in total. The van der Waals surface area contributed by atoms with E-state index in [1.165, 1.54) is 25.1 Å². The van der Waals surface area contributed by atoms with Gasteiger partial charge in [0.15, 0.2) is 5.78 Å². The lowest BCUT2D eigenvalue weighted by molar-refractivity contribution is 0.101. The van der Waals surface area contributed by atoms with Crippen LogP contribution in [0.2, 0.25) is 0 Å². The van der Waals surface area contributed by atoms with E-state index in [1.54, 1.807) is 31.2 Å². The predicted octanol–water partition coefficient (Wildman–Crippen LogP) is 2.58. The van der Waals surface area contributed by atoms with Crippen LogP contribution in [0.3, 0.4) is 0 Å². The minimum atomic E-state index is -3.72. The summed E-state index contributed by atoms with van der Waals surface area (Å²) in [6.07, 6.45) is 0. The van der Waals surface area contributed by atoms with Crippen molar-refractivity contribution in [3.05, 3.63) is 53.6 Å². The molecule has 0 amide bonds. The maximum Gasteiger partial charge on any atom is 0.262 e. The standard InChI is InChI=1S/C15H16N2O3S/c1-10-8-13(16)6-7-15(10)21(19,20)17-14-5-3-4-12(9-14)11(2)18/h3-9,17H,16H2,1-2H3. The van der Waals surface area contributed by atoms with Gasteiger partial charge in [0.25, 0.3) is 10.0 Å². The third kappa shape index (κ3) is 3.41. The molecule has 2 aromatic rings. The van der Waals surface area contributed by atoms with E-state index in [-0.39, 0.29) is 10.7 Å². The van der Waals surface area contributed by atoms with Crippen LogP contribution in [0.15, 0.2) is 47.4 Å². The molecule has 0 radical (unpaired) electrons. The molecular weight excluding hydrogens is 288 g/mol. The number of carbonyl (C=O) groups is 1. The molecular formula is C15H16N2O3S. The van der Waals surface area contributed by atoms with Crippen LogP contribution < -0.4 is 10.5 Å². The Bertz CT molecular complexity index is 798. The Morgan fingerprint density at radius 2 is 1.86 bits per heavy atom. The zero-order chi connectivity index (χ0) is 15.6. The van der Waals surface area contributed by atoms with Crippen LogP contribution in [0, 0.1) is 6.92 Å². The van der Waals surface area contributed by atoms with E-state index >= 15 is 0 Å². The molecule has 2 aromatic carbocycles. The summed E-state index contributed by atoms with van der Waals surface area (Å²) in [6, 6.07) is 11.0. The van der Waals surface area contributed by atoms with Gasteiger partial charge in [-0.15, -0.1) is 0 Å². The fourth-order valence-corrected chi connectivity index (χ4v) is 3.26. The highest BCUT2D eigenvalue weighted by Gasteiger charge is 2.17. The van der Waals surface area contributed by atoms with Crippen molar-refractivity contribution in [2.75, 3.05) is 10.5 Å². The molecule has 0 fully saturated rings. The van der Waals surface area contributed by atoms with E-state index in [4.69, 9.17) is 5.73 Å². The van der Waals surface area contributed by atoms with Crippen molar-refractivity contribution in [3.8, 4) is 0 Å². The molecule has 2 rings (SSSR count). The molecule has 0 aliphatic heterocycles. The van der Waals surface area contributed by atoms with Gasteiger partial charge in [-0.1, -0.05) is 12.1 Å². The zero-order valence-corrected chi connectivity index (χ0v) is 12.6. The largest absolute Gasteiger partial charge is 0.399 e. The highest BCUT2D eigenvalue weighted by Crippen LogP contribution is 2.21. The number of nitrogen functional groups attached to an aromatic ring is 1. The number of Topliss-reactive ketones (excluding diaryl/α,β-unsaturated/α-hetero) is 1. The Labute approximate surface area is 123 Å². The quantitative estimate of drug-likeness (QED) is 0.671. The number of nitrogens with two attached hydrogens (primary N) is 1. The molecule has 0 unspecified atom stereocenters. The maximum atomic E-state index is 12.4. The summed E-state index contributed by atoms with van der Waals surface area (Å²) in [5.74, 6) is -0.125. The van der Waals surface area contributed by atoms with Crippen molar-refractivity contribution in [1.29, 1.82) is 0 Å². The number of benzene rings is 2. The second-order valence-corrected chi connectivity index (χ2v) is 6.42. The van der Waals surface area contributed by atoms with Gasteiger partial charge in [-0.25, -0.2) is 8.42 Å². The Balaban J connectivity index is 2.37. The number of nitrogens with one attached hydrogen (secondary N) is 1. The Kier molecular flexibility index (Phi) is 3.99. The first-order valence-corrected chi connectivity index (χ1v) is 7.78. The molecule has 0 aromatic heterocycles. The average molecular weight is 304 g/mol. The second kappa shape index (κ2) is 5.57. The number of hydrogen-bond donors (Lipinski definition) is 2. The highest BCUT2D eigenvalue weighted by atomic mass is 32.2. The lowest BCUT2D eigenvalue weighted by Crippen LogP contribution is -2.14. The summed E-state index contributed by atoms with van der Waals surface area (Å²) in [7, 11) is -3.72. The lowest BCUT2D eigenvalue weighted by atomic mass is 10.1. The molecule has 0 bridgehead atoms. The number of anilines is 2. The summed E-state index contributed by atoms with van der Waals surface area (Å²) < 4.78 is 27.2. The fourth-order valence-electron chi connectivity index (χ4n) is 1.99. The van der Waals surface area contributed by atoms with Crippen LogP contribution >= 0.6 is 0 Å². The van der Waals surface area contributed by atoms with Crippen LogP contribution in [0.4, 0.5) is 11.4 Å². The van der Waals surface area contributed by atoms with E-state index in [9.17, 15) is 13.2 Å². The van der Waals surface area contributed by atoms with Gasteiger partial charge in [0.2, 0.25) is 0 Å². The highest BCUT2D eigenvalue weighted by molar-refractivity contribution is 7.92. The Hall–Kier alpha value is -2.34. The molecule has 0 saturated carbocycles. The normalized spacial score (nSPS) is 11.1. The van der Waals surface area contributed by atoms with Crippen LogP contribution in [0.5, 0.6) is 0 Å². The molecule has 0 spiro atoms. The van der Waals surface area contributed by atoms with Crippen LogP contribution in [-0.4, -0.2) is 14.2 Å². The lowest BCUT2D eigenvalue weighted by Gasteiger charge is -2.11. The SMILES string of the molecule is CC(=O)c1cccc(NS(=O)(=O)c2ccc(N)cc2C)c1. The summed E-state index contributed by atoms with van der Waals surface area (Å²) in [5.41, 5.74) is 7.48. The molecule has 0 heterocycles. The van der Waals surface area contributed by atoms with E-state index < -0.39 is 10.0 Å². The summed E-state index contributed by atoms with van der Waals surface area (Å²) in [6.45, 7) is 3.11. The minimum absolute atomic E-state index is 0.125. The van der Waals surface area contributed by atoms with Crippen LogP contribution in [0.1, 0.15) is 22.8 Å². The minimum Gasteiger partial charge on any atom is -0.399 e. The van der Waals surface area contributed by atoms with Crippen molar-refractivity contribution >= 4 is 27.2 Å². The van der Waals surface area contributed by atoms with Crippen molar-refractivity contribution < 1.29 is 13.2 Å². The monoisotopic (exact) mass is 304 g/mol. The van der Waals surface area contributed by atoms with Gasteiger partial charge in [0.1, 0.15) is 0 Å². The smallest absolute Gasteiger partial charge is 0.262 e. The third-order valence-corrected chi connectivity index (χ3v) is 4.55. The van der Waals surface area contributed by atoms with Gasteiger partial charge in [-0.3, -0.25) is 9.52 Å². The summed E-state index contributed by atoms with van der Waals surface area (Å²) in [4.78, 5) is 11.5. The number of sulfonamides is 1. The molecule has 3 N–H and O–H groups in total. The van der Waals surface area contributed by atoms with Crippen molar-refractivity contribution in [2.24, 2.45) is 0 Å². The Morgan fingerprint density at radius 1 is 1.14 bits per heavy atom. The van der Waals surface area contributed by atoms with E-state index in [0.29, 0.717) is 22.5 Å². The molecule has 0 saturated heterocycles. The van der Waals surface area contributed by atoms with Gasteiger partial charge in [-0.05, 0) is 49.7 Å². The molecule has 0 atom stereocenters. The van der Waals surface area contributed by atoms with Crippen LogP contribution in [0.25, 0.3) is 0 Å². The summed E-state index contributed by atoms with van der Waals surface area (Å²) >= 11 is 0. The molecule has 0 aliphatic carbocycles. The maximum absolute atomic E-state index is 12.4. The van der Waals surface area contributed by atoms with E-state index in [0.717, 1.165) is 0 Å². The number of carbonyl (C=O) groups excluding carboxylic acids is 1. The number of aryl methyl sites for hydroxylation is 1. The molecule has 21 heavy (non-hydrogen) atoms. The first-order chi connectivity index (χ1) is 9.79. The average Bonchev–Trinajstić information content (AvgIpc) is 2.37.